The number of nitrogen functional groups attached to an aromatic ring is 1. The predicted molar refractivity (Wildman–Crippen MR) is 75.6 cm³/mol. The van der Waals surface area contributed by atoms with E-state index < -0.39 is 0 Å². The SMILES string of the molecule is CNC(=O)CN(C)C(=O)CC(C)c1ccc(N)cc1. The fourth-order valence-electron chi connectivity index (χ4n) is 1.74. The molecule has 1 unspecified atom stereocenters. The number of likely N-dealkylation sites (N-methyl/N-ethyl adjacent to an activating group) is 2. The molecular weight excluding hydrogens is 242 g/mol. The largest absolute Gasteiger partial charge is 0.399 e. The molecule has 0 fully saturated rings. The van der Waals surface area contributed by atoms with Crippen LogP contribution in [0.3, 0.4) is 0 Å². The van der Waals surface area contributed by atoms with Crippen LogP contribution in [0.4, 0.5) is 5.69 Å². The lowest BCUT2D eigenvalue weighted by atomic mass is 9.97. The smallest absolute Gasteiger partial charge is 0.239 e. The normalized spacial score (nSPS) is 11.7. The molecule has 0 aromatic heterocycles. The van der Waals surface area contributed by atoms with Gasteiger partial charge in [-0.1, -0.05) is 19.1 Å². The lowest BCUT2D eigenvalue weighted by Gasteiger charge is -2.19. The Morgan fingerprint density at radius 2 is 1.89 bits per heavy atom. The van der Waals surface area contributed by atoms with E-state index in [1.807, 2.05) is 31.2 Å². The number of nitrogens with two attached hydrogens (primary N) is 1. The zero-order chi connectivity index (χ0) is 14.4. The summed E-state index contributed by atoms with van der Waals surface area (Å²) in [6, 6.07) is 7.49. The summed E-state index contributed by atoms with van der Waals surface area (Å²) >= 11 is 0. The van der Waals surface area contributed by atoms with Gasteiger partial charge in [0.1, 0.15) is 0 Å². The van der Waals surface area contributed by atoms with E-state index in [1.54, 1.807) is 14.1 Å². The Labute approximate surface area is 113 Å². The van der Waals surface area contributed by atoms with Crippen LogP contribution in [0, 0.1) is 0 Å². The van der Waals surface area contributed by atoms with Crippen molar-refractivity contribution in [1.29, 1.82) is 0 Å². The van der Waals surface area contributed by atoms with E-state index in [0.29, 0.717) is 12.1 Å². The van der Waals surface area contributed by atoms with E-state index in [0.717, 1.165) is 5.56 Å². The van der Waals surface area contributed by atoms with Gasteiger partial charge in [-0.3, -0.25) is 9.59 Å². The Balaban J connectivity index is 2.56. The molecule has 3 N–H and O–H groups in total. The number of hydrogen-bond acceptors (Lipinski definition) is 3. The summed E-state index contributed by atoms with van der Waals surface area (Å²) in [7, 11) is 3.19. The summed E-state index contributed by atoms with van der Waals surface area (Å²) < 4.78 is 0. The molecular formula is C14H21N3O2. The van der Waals surface area contributed by atoms with Crippen molar-refractivity contribution in [3.8, 4) is 0 Å². The first-order chi connectivity index (χ1) is 8.93. The summed E-state index contributed by atoms with van der Waals surface area (Å²) in [6.45, 7) is 2.07. The number of amides is 2. The van der Waals surface area contributed by atoms with Crippen LogP contribution in [0.5, 0.6) is 0 Å². The van der Waals surface area contributed by atoms with Crippen molar-refractivity contribution in [3.63, 3.8) is 0 Å². The lowest BCUT2D eigenvalue weighted by Crippen LogP contribution is -2.37. The first-order valence-corrected chi connectivity index (χ1v) is 6.24. The minimum absolute atomic E-state index is 0.0482. The zero-order valence-corrected chi connectivity index (χ0v) is 11.6. The molecule has 0 radical (unpaired) electrons. The summed E-state index contributed by atoms with van der Waals surface area (Å²) in [4.78, 5) is 24.6. The molecule has 1 atom stereocenters. The number of benzene rings is 1. The van der Waals surface area contributed by atoms with Crippen LogP contribution < -0.4 is 11.1 Å². The van der Waals surface area contributed by atoms with Gasteiger partial charge in [-0.2, -0.15) is 0 Å². The van der Waals surface area contributed by atoms with Crippen LogP contribution in [0.25, 0.3) is 0 Å². The Morgan fingerprint density at radius 1 is 1.32 bits per heavy atom. The number of nitrogens with one attached hydrogen (secondary N) is 1. The van der Waals surface area contributed by atoms with E-state index >= 15 is 0 Å². The molecule has 0 saturated carbocycles. The second-order valence-corrected chi connectivity index (χ2v) is 4.69. The Hall–Kier alpha value is -2.04. The van der Waals surface area contributed by atoms with E-state index in [4.69, 9.17) is 5.73 Å². The molecule has 104 valence electrons. The van der Waals surface area contributed by atoms with Gasteiger partial charge < -0.3 is 16.0 Å². The third-order valence-electron chi connectivity index (χ3n) is 3.07. The highest BCUT2D eigenvalue weighted by molar-refractivity contribution is 5.84. The monoisotopic (exact) mass is 263 g/mol. The van der Waals surface area contributed by atoms with Crippen molar-refractivity contribution >= 4 is 17.5 Å². The predicted octanol–water partition coefficient (Wildman–Crippen LogP) is 0.967. The van der Waals surface area contributed by atoms with Gasteiger partial charge in [-0.25, -0.2) is 0 Å². The number of carbonyl (C=O) groups is 2. The van der Waals surface area contributed by atoms with Crippen LogP contribution in [-0.2, 0) is 9.59 Å². The minimum Gasteiger partial charge on any atom is -0.399 e. The second-order valence-electron chi connectivity index (χ2n) is 4.69. The molecule has 0 aliphatic carbocycles. The maximum absolute atomic E-state index is 12.0. The molecule has 2 amide bonds. The number of nitrogens with zero attached hydrogens (tertiary/aromatic N) is 1. The topological polar surface area (TPSA) is 75.4 Å². The van der Waals surface area contributed by atoms with Crippen molar-refractivity contribution in [3.05, 3.63) is 29.8 Å². The van der Waals surface area contributed by atoms with Gasteiger partial charge in [-0.05, 0) is 23.6 Å². The Morgan fingerprint density at radius 3 is 2.42 bits per heavy atom. The van der Waals surface area contributed by atoms with Crippen molar-refractivity contribution in [2.24, 2.45) is 0 Å². The molecule has 0 aliphatic heterocycles. The molecule has 0 heterocycles. The molecule has 0 spiro atoms. The zero-order valence-electron chi connectivity index (χ0n) is 11.6. The molecule has 0 bridgehead atoms. The second kappa shape index (κ2) is 6.78. The van der Waals surface area contributed by atoms with Crippen molar-refractivity contribution in [2.45, 2.75) is 19.3 Å². The average molecular weight is 263 g/mol. The van der Waals surface area contributed by atoms with Crippen molar-refractivity contribution in [2.75, 3.05) is 26.4 Å². The van der Waals surface area contributed by atoms with Crippen LogP contribution in [0.15, 0.2) is 24.3 Å². The first kappa shape index (κ1) is 15.0. The number of rotatable bonds is 5. The summed E-state index contributed by atoms with van der Waals surface area (Å²) in [5.41, 5.74) is 7.40. The van der Waals surface area contributed by atoms with Gasteiger partial charge in [-0.15, -0.1) is 0 Å². The van der Waals surface area contributed by atoms with Crippen molar-refractivity contribution < 1.29 is 9.59 Å². The van der Waals surface area contributed by atoms with Crippen LogP contribution in [-0.4, -0.2) is 37.4 Å². The van der Waals surface area contributed by atoms with E-state index in [2.05, 4.69) is 5.32 Å². The first-order valence-electron chi connectivity index (χ1n) is 6.24. The fourth-order valence-corrected chi connectivity index (χ4v) is 1.74. The van der Waals surface area contributed by atoms with Crippen LogP contribution in [0.1, 0.15) is 24.8 Å². The Kier molecular flexibility index (Phi) is 5.36. The molecule has 5 heteroatoms. The molecule has 19 heavy (non-hydrogen) atoms. The summed E-state index contributed by atoms with van der Waals surface area (Å²) in [5.74, 6) is -0.121. The summed E-state index contributed by atoms with van der Waals surface area (Å²) in [5, 5.41) is 2.50. The highest BCUT2D eigenvalue weighted by Gasteiger charge is 2.16. The lowest BCUT2D eigenvalue weighted by molar-refractivity contribution is -0.134. The Bertz CT molecular complexity index is 443. The van der Waals surface area contributed by atoms with Gasteiger partial charge >= 0.3 is 0 Å². The number of hydrogen-bond donors (Lipinski definition) is 2. The maximum Gasteiger partial charge on any atom is 0.239 e. The van der Waals surface area contributed by atoms with Gasteiger partial charge in [0.25, 0.3) is 0 Å². The third kappa shape index (κ3) is 4.62. The molecule has 1 rings (SSSR count). The van der Waals surface area contributed by atoms with Crippen molar-refractivity contribution in [1.82, 2.24) is 10.2 Å². The minimum atomic E-state index is -0.170. The fraction of sp³-hybridized carbons (Fsp3) is 0.429. The highest BCUT2D eigenvalue weighted by atomic mass is 16.2. The van der Waals surface area contributed by atoms with Crippen LogP contribution >= 0.6 is 0 Å². The highest BCUT2D eigenvalue weighted by Crippen LogP contribution is 2.20. The van der Waals surface area contributed by atoms with Gasteiger partial charge in [0.05, 0.1) is 6.54 Å². The average Bonchev–Trinajstić information content (AvgIpc) is 2.38. The quantitative estimate of drug-likeness (QED) is 0.777. The number of carbonyl (C=O) groups excluding carboxylic acids is 2. The summed E-state index contributed by atoms with van der Waals surface area (Å²) in [6.07, 6.45) is 0.372. The standard InChI is InChI=1S/C14H21N3O2/c1-10(11-4-6-12(15)7-5-11)8-14(19)17(3)9-13(18)16-2/h4-7,10H,8-9,15H2,1-3H3,(H,16,18). The molecule has 5 nitrogen and oxygen atoms in total. The number of anilines is 1. The van der Waals surface area contributed by atoms with E-state index in [1.165, 1.54) is 4.90 Å². The van der Waals surface area contributed by atoms with Gasteiger partial charge in [0.15, 0.2) is 0 Å². The maximum atomic E-state index is 12.0. The third-order valence-corrected chi connectivity index (χ3v) is 3.07. The molecule has 0 aliphatic rings. The van der Waals surface area contributed by atoms with Crippen LogP contribution in [0.2, 0.25) is 0 Å². The molecule has 0 saturated heterocycles. The van der Waals surface area contributed by atoms with E-state index in [9.17, 15) is 9.59 Å². The van der Waals surface area contributed by atoms with Gasteiger partial charge in [0.2, 0.25) is 11.8 Å². The molecule has 1 aromatic rings. The van der Waals surface area contributed by atoms with Gasteiger partial charge in [0, 0.05) is 26.2 Å². The van der Waals surface area contributed by atoms with E-state index in [-0.39, 0.29) is 24.3 Å². The molecule has 1 aromatic carbocycles.